The first-order valence-corrected chi connectivity index (χ1v) is 10.1. The van der Waals surface area contributed by atoms with Crippen molar-refractivity contribution in [1.29, 1.82) is 0 Å². The van der Waals surface area contributed by atoms with Gasteiger partial charge in [-0.1, -0.05) is 60.7 Å². The highest BCUT2D eigenvalue weighted by atomic mass is 16.5. The maximum absolute atomic E-state index is 12.7. The van der Waals surface area contributed by atoms with Crippen LogP contribution in [0.1, 0.15) is 5.82 Å². The monoisotopic (exact) mass is 413 g/mol. The number of hydrogen-bond acceptors (Lipinski definition) is 4. The summed E-state index contributed by atoms with van der Waals surface area (Å²) in [7, 11) is 0. The lowest BCUT2D eigenvalue weighted by atomic mass is 10.1. The second-order valence-electron chi connectivity index (χ2n) is 7.13. The van der Waals surface area contributed by atoms with Gasteiger partial charge in [-0.3, -0.25) is 14.2 Å². The van der Waals surface area contributed by atoms with Crippen molar-refractivity contribution in [2.75, 3.05) is 13.2 Å². The zero-order valence-corrected chi connectivity index (χ0v) is 17.2. The molecule has 0 fully saturated rings. The average molecular weight is 413 g/mol. The molecule has 0 saturated heterocycles. The summed E-state index contributed by atoms with van der Waals surface area (Å²) in [6.07, 6.45) is 0. The molecule has 6 heteroatoms. The molecule has 1 N–H and O–H groups in total. The predicted molar refractivity (Wildman–Crippen MR) is 121 cm³/mol. The van der Waals surface area contributed by atoms with Gasteiger partial charge in [-0.05, 0) is 30.7 Å². The number of para-hydroxylation sites is 2. The third-order valence-electron chi connectivity index (χ3n) is 5.01. The fourth-order valence-corrected chi connectivity index (χ4v) is 3.46. The highest BCUT2D eigenvalue weighted by molar-refractivity contribution is 5.79. The minimum absolute atomic E-state index is 0.0803. The summed E-state index contributed by atoms with van der Waals surface area (Å²) in [5.74, 6) is 1.00. The molecule has 6 nitrogen and oxygen atoms in total. The number of nitrogens with zero attached hydrogens (tertiary/aromatic N) is 2. The summed E-state index contributed by atoms with van der Waals surface area (Å²) in [4.78, 5) is 29.5. The smallest absolute Gasteiger partial charge is 0.261 e. The SMILES string of the molecule is Cc1nc2ccccc2c(=O)n1CC(=O)NCCOc1ccccc1-c1ccccc1. The number of hydrogen-bond donors (Lipinski definition) is 1. The molecule has 0 aliphatic heterocycles. The highest BCUT2D eigenvalue weighted by Crippen LogP contribution is 2.29. The number of benzene rings is 3. The fraction of sp³-hybridized carbons (Fsp3) is 0.160. The molecule has 1 heterocycles. The minimum atomic E-state index is -0.262. The summed E-state index contributed by atoms with van der Waals surface area (Å²) < 4.78 is 7.29. The van der Waals surface area contributed by atoms with E-state index < -0.39 is 0 Å². The van der Waals surface area contributed by atoms with Gasteiger partial charge in [0, 0.05) is 5.56 Å². The number of carbonyl (C=O) groups excluding carboxylic acids is 1. The fourth-order valence-electron chi connectivity index (χ4n) is 3.46. The largest absolute Gasteiger partial charge is 0.491 e. The molecule has 3 aromatic carbocycles. The van der Waals surface area contributed by atoms with Crippen molar-refractivity contribution >= 4 is 16.8 Å². The maximum Gasteiger partial charge on any atom is 0.261 e. The van der Waals surface area contributed by atoms with Gasteiger partial charge < -0.3 is 10.1 Å². The van der Waals surface area contributed by atoms with Crippen LogP contribution < -0.4 is 15.6 Å². The number of amides is 1. The number of aryl methyl sites for hydroxylation is 1. The zero-order chi connectivity index (χ0) is 21.6. The third-order valence-corrected chi connectivity index (χ3v) is 5.01. The van der Waals surface area contributed by atoms with Crippen LogP contribution in [0.2, 0.25) is 0 Å². The van der Waals surface area contributed by atoms with Crippen LogP contribution >= 0.6 is 0 Å². The Labute approximate surface area is 180 Å². The van der Waals surface area contributed by atoms with E-state index in [1.165, 1.54) is 4.57 Å². The minimum Gasteiger partial charge on any atom is -0.491 e. The standard InChI is InChI=1S/C25H23N3O3/c1-18-27-22-13-7-5-12-21(22)25(30)28(18)17-24(29)26-15-16-31-23-14-8-6-11-20(23)19-9-3-2-4-10-19/h2-14H,15-17H2,1H3,(H,26,29). The van der Waals surface area contributed by atoms with Crippen molar-refractivity contribution < 1.29 is 9.53 Å². The maximum atomic E-state index is 12.7. The van der Waals surface area contributed by atoms with Gasteiger partial charge in [0.05, 0.1) is 17.4 Å². The van der Waals surface area contributed by atoms with E-state index in [0.29, 0.717) is 29.9 Å². The van der Waals surface area contributed by atoms with Crippen molar-refractivity contribution in [3.8, 4) is 16.9 Å². The second-order valence-corrected chi connectivity index (χ2v) is 7.13. The van der Waals surface area contributed by atoms with Gasteiger partial charge >= 0.3 is 0 Å². The topological polar surface area (TPSA) is 73.2 Å². The van der Waals surface area contributed by atoms with Crippen molar-refractivity contribution in [2.24, 2.45) is 0 Å². The number of rotatable bonds is 7. The number of carbonyl (C=O) groups is 1. The zero-order valence-electron chi connectivity index (χ0n) is 17.2. The van der Waals surface area contributed by atoms with Crippen molar-refractivity contribution in [3.05, 3.63) is 95.0 Å². The first kappa shape index (κ1) is 20.3. The van der Waals surface area contributed by atoms with E-state index >= 15 is 0 Å². The Kier molecular flexibility index (Phi) is 6.08. The first-order chi connectivity index (χ1) is 15.1. The van der Waals surface area contributed by atoms with Gasteiger partial charge in [0.25, 0.3) is 5.56 Å². The van der Waals surface area contributed by atoms with Crippen molar-refractivity contribution in [3.63, 3.8) is 0 Å². The van der Waals surface area contributed by atoms with Crippen LogP contribution in [-0.4, -0.2) is 28.6 Å². The first-order valence-electron chi connectivity index (χ1n) is 10.1. The Morgan fingerprint density at radius 1 is 0.968 bits per heavy atom. The number of aromatic nitrogens is 2. The molecule has 0 radical (unpaired) electrons. The van der Waals surface area contributed by atoms with E-state index in [9.17, 15) is 9.59 Å². The molecule has 0 aliphatic carbocycles. The summed E-state index contributed by atoms with van der Waals surface area (Å²) in [6, 6.07) is 24.9. The molecular weight excluding hydrogens is 390 g/mol. The van der Waals surface area contributed by atoms with Crippen LogP contribution in [0.4, 0.5) is 0 Å². The Hall–Kier alpha value is -3.93. The molecule has 0 atom stereocenters. The Morgan fingerprint density at radius 3 is 2.52 bits per heavy atom. The molecule has 1 aromatic heterocycles. The predicted octanol–water partition coefficient (Wildman–Crippen LogP) is 3.57. The van der Waals surface area contributed by atoms with E-state index in [-0.39, 0.29) is 18.0 Å². The van der Waals surface area contributed by atoms with Crippen molar-refractivity contribution in [1.82, 2.24) is 14.9 Å². The van der Waals surface area contributed by atoms with Gasteiger partial charge in [0.2, 0.25) is 5.91 Å². The van der Waals surface area contributed by atoms with Gasteiger partial charge in [0.1, 0.15) is 24.7 Å². The molecule has 0 aliphatic rings. The van der Waals surface area contributed by atoms with E-state index in [2.05, 4.69) is 10.3 Å². The van der Waals surface area contributed by atoms with Crippen LogP contribution in [0.15, 0.2) is 83.7 Å². The van der Waals surface area contributed by atoms with Gasteiger partial charge in [-0.2, -0.15) is 0 Å². The lowest BCUT2D eigenvalue weighted by molar-refractivity contribution is -0.121. The molecule has 1 amide bonds. The Bertz CT molecular complexity index is 1270. The second kappa shape index (κ2) is 9.26. The van der Waals surface area contributed by atoms with Gasteiger partial charge in [-0.25, -0.2) is 4.98 Å². The average Bonchev–Trinajstić information content (AvgIpc) is 2.80. The number of nitrogens with one attached hydrogen (secondary N) is 1. The summed E-state index contributed by atoms with van der Waals surface area (Å²) >= 11 is 0. The molecule has 0 bridgehead atoms. The molecular formula is C25H23N3O3. The number of fused-ring (bicyclic) bond motifs is 1. The Morgan fingerprint density at radius 2 is 1.68 bits per heavy atom. The summed E-state index contributed by atoms with van der Waals surface area (Å²) in [6.45, 7) is 2.30. The van der Waals surface area contributed by atoms with Crippen LogP contribution in [-0.2, 0) is 11.3 Å². The van der Waals surface area contributed by atoms with Crippen LogP contribution in [0.25, 0.3) is 22.0 Å². The van der Waals surface area contributed by atoms with Crippen LogP contribution in [0.3, 0.4) is 0 Å². The molecule has 4 rings (SSSR count). The molecule has 0 unspecified atom stereocenters. The van der Waals surface area contributed by atoms with Gasteiger partial charge in [0.15, 0.2) is 0 Å². The molecule has 156 valence electrons. The third kappa shape index (κ3) is 4.64. The normalized spacial score (nSPS) is 10.7. The van der Waals surface area contributed by atoms with E-state index in [1.807, 2.05) is 60.7 Å². The quantitative estimate of drug-likeness (QED) is 0.470. The van der Waals surface area contributed by atoms with Crippen molar-refractivity contribution in [2.45, 2.75) is 13.5 Å². The molecule has 4 aromatic rings. The molecule has 31 heavy (non-hydrogen) atoms. The molecule has 0 spiro atoms. The van der Waals surface area contributed by atoms with Crippen LogP contribution in [0, 0.1) is 6.92 Å². The van der Waals surface area contributed by atoms with E-state index in [0.717, 1.165) is 16.9 Å². The highest BCUT2D eigenvalue weighted by Gasteiger charge is 2.11. The van der Waals surface area contributed by atoms with E-state index in [1.54, 1.807) is 25.1 Å². The van der Waals surface area contributed by atoms with Gasteiger partial charge in [-0.15, -0.1) is 0 Å². The van der Waals surface area contributed by atoms with E-state index in [4.69, 9.17) is 4.74 Å². The lowest BCUT2D eigenvalue weighted by Gasteiger charge is -2.13. The summed E-state index contributed by atoms with van der Waals surface area (Å²) in [5, 5.41) is 3.31. The van der Waals surface area contributed by atoms with Crippen LogP contribution in [0.5, 0.6) is 5.75 Å². The Balaban J connectivity index is 1.36. The number of ether oxygens (including phenoxy) is 1. The molecule has 0 saturated carbocycles. The summed E-state index contributed by atoms with van der Waals surface area (Å²) in [5.41, 5.74) is 2.48. The lowest BCUT2D eigenvalue weighted by Crippen LogP contribution is -2.35.